The summed E-state index contributed by atoms with van der Waals surface area (Å²) < 4.78 is 5.55. The zero-order valence-electron chi connectivity index (χ0n) is 9.15. The molecule has 0 unspecified atom stereocenters. The lowest BCUT2D eigenvalue weighted by molar-refractivity contribution is 0.456. The maximum atomic E-state index is 6.02. The molecule has 2 rings (SSSR count). The lowest BCUT2D eigenvalue weighted by Gasteiger charge is -2.08. The number of rotatable bonds is 3. The first-order chi connectivity index (χ1) is 8.60. The van der Waals surface area contributed by atoms with Crippen molar-refractivity contribution in [2.45, 2.75) is 5.16 Å². The minimum absolute atomic E-state index is 0.308. The molecule has 2 aromatic rings. The van der Waals surface area contributed by atoms with Gasteiger partial charge in [-0.05, 0) is 18.4 Å². The van der Waals surface area contributed by atoms with Crippen LogP contribution in [0.4, 0.5) is 0 Å². The Balaban J connectivity index is 2.34. The van der Waals surface area contributed by atoms with Gasteiger partial charge in [-0.1, -0.05) is 52.6 Å². The third-order valence-electron chi connectivity index (χ3n) is 1.96. The van der Waals surface area contributed by atoms with E-state index in [2.05, 4.69) is 9.97 Å². The van der Waals surface area contributed by atoms with Crippen LogP contribution in [-0.2, 0) is 0 Å². The highest BCUT2D eigenvalue weighted by atomic mass is 35.5. The van der Waals surface area contributed by atoms with E-state index in [1.54, 1.807) is 18.2 Å². The molecule has 7 heteroatoms. The predicted molar refractivity (Wildman–Crippen MR) is 75.4 cm³/mol. The van der Waals surface area contributed by atoms with Gasteiger partial charge in [0.05, 0.1) is 5.02 Å². The monoisotopic (exact) mass is 320 g/mol. The van der Waals surface area contributed by atoms with E-state index in [1.165, 1.54) is 17.8 Å². The predicted octanol–water partition coefficient (Wildman–Crippen LogP) is 4.95. The van der Waals surface area contributed by atoms with Crippen molar-refractivity contribution >= 4 is 46.6 Å². The van der Waals surface area contributed by atoms with Crippen molar-refractivity contribution in [3.05, 3.63) is 39.5 Å². The smallest absolute Gasteiger partial charge is 0.224 e. The molecular weight excluding hydrogens is 315 g/mol. The molecule has 94 valence electrons. The number of ether oxygens (including phenoxy) is 1. The Hall–Kier alpha value is -0.680. The fourth-order valence-corrected chi connectivity index (χ4v) is 2.12. The van der Waals surface area contributed by atoms with Crippen LogP contribution in [0, 0.1) is 0 Å². The third-order valence-corrected chi connectivity index (χ3v) is 3.51. The number of thioether (sulfide) groups is 1. The van der Waals surface area contributed by atoms with Crippen LogP contribution in [0.15, 0.2) is 29.4 Å². The van der Waals surface area contributed by atoms with E-state index in [9.17, 15) is 0 Å². The summed E-state index contributed by atoms with van der Waals surface area (Å²) >= 11 is 19.1. The van der Waals surface area contributed by atoms with Crippen LogP contribution >= 0.6 is 46.6 Å². The van der Waals surface area contributed by atoms with Crippen molar-refractivity contribution in [3.8, 4) is 11.6 Å². The summed E-state index contributed by atoms with van der Waals surface area (Å²) in [6.07, 6.45) is 1.85. The van der Waals surface area contributed by atoms with Crippen LogP contribution in [0.1, 0.15) is 0 Å². The summed E-state index contributed by atoms with van der Waals surface area (Å²) in [5.74, 6) is 0.745. The molecule has 0 atom stereocenters. The van der Waals surface area contributed by atoms with Gasteiger partial charge in [0, 0.05) is 6.07 Å². The maximum Gasteiger partial charge on any atom is 0.224 e. The molecule has 0 saturated carbocycles. The SMILES string of the molecule is CSc1nc(Cl)cc(Oc2cccc(Cl)c2Cl)n1. The van der Waals surface area contributed by atoms with Gasteiger partial charge in [0.1, 0.15) is 15.9 Å². The Morgan fingerprint density at radius 2 is 1.94 bits per heavy atom. The van der Waals surface area contributed by atoms with Gasteiger partial charge in [-0.15, -0.1) is 0 Å². The van der Waals surface area contributed by atoms with Gasteiger partial charge < -0.3 is 4.74 Å². The molecule has 0 radical (unpaired) electrons. The second kappa shape index (κ2) is 5.97. The lowest BCUT2D eigenvalue weighted by Crippen LogP contribution is -1.93. The molecule has 0 aliphatic heterocycles. The Bertz CT molecular complexity index is 580. The van der Waals surface area contributed by atoms with Crippen molar-refractivity contribution in [1.82, 2.24) is 9.97 Å². The lowest BCUT2D eigenvalue weighted by atomic mass is 10.3. The third kappa shape index (κ3) is 3.20. The van der Waals surface area contributed by atoms with E-state index in [0.717, 1.165) is 0 Å². The largest absolute Gasteiger partial charge is 0.437 e. The van der Waals surface area contributed by atoms with E-state index >= 15 is 0 Å². The first-order valence-corrected chi connectivity index (χ1v) is 7.16. The van der Waals surface area contributed by atoms with E-state index < -0.39 is 0 Å². The summed E-state index contributed by atoms with van der Waals surface area (Å²) in [6, 6.07) is 6.63. The molecule has 0 N–H and O–H groups in total. The van der Waals surface area contributed by atoms with E-state index in [1.807, 2.05) is 6.26 Å². The molecule has 0 fully saturated rings. The number of halogens is 3. The molecule has 1 aromatic carbocycles. The average molecular weight is 322 g/mol. The molecule has 0 bridgehead atoms. The van der Waals surface area contributed by atoms with Crippen molar-refractivity contribution in [2.24, 2.45) is 0 Å². The van der Waals surface area contributed by atoms with Gasteiger partial charge in [0.25, 0.3) is 0 Å². The van der Waals surface area contributed by atoms with Gasteiger partial charge in [-0.25, -0.2) is 4.98 Å². The average Bonchev–Trinajstić information content (AvgIpc) is 2.34. The molecule has 0 spiro atoms. The van der Waals surface area contributed by atoms with Crippen LogP contribution in [-0.4, -0.2) is 16.2 Å². The first-order valence-electron chi connectivity index (χ1n) is 4.80. The van der Waals surface area contributed by atoms with Gasteiger partial charge in [0.15, 0.2) is 5.16 Å². The Morgan fingerprint density at radius 1 is 1.17 bits per heavy atom. The number of hydrogen-bond donors (Lipinski definition) is 0. The van der Waals surface area contributed by atoms with Crippen molar-refractivity contribution in [2.75, 3.05) is 6.26 Å². The molecule has 0 saturated heterocycles. The zero-order chi connectivity index (χ0) is 13.1. The maximum absolute atomic E-state index is 6.02. The van der Waals surface area contributed by atoms with Gasteiger partial charge >= 0.3 is 0 Å². The molecule has 0 amide bonds. The fourth-order valence-electron chi connectivity index (χ4n) is 1.20. The molecule has 0 aliphatic carbocycles. The van der Waals surface area contributed by atoms with Gasteiger partial charge in [-0.3, -0.25) is 0 Å². The van der Waals surface area contributed by atoms with Crippen LogP contribution in [0.3, 0.4) is 0 Å². The highest BCUT2D eigenvalue weighted by Gasteiger charge is 2.09. The van der Waals surface area contributed by atoms with Gasteiger partial charge in [0.2, 0.25) is 5.88 Å². The molecule has 0 aliphatic rings. The van der Waals surface area contributed by atoms with Crippen LogP contribution in [0.25, 0.3) is 0 Å². The molecule has 3 nitrogen and oxygen atoms in total. The Morgan fingerprint density at radius 3 is 2.67 bits per heavy atom. The first kappa shape index (κ1) is 13.7. The molecule has 18 heavy (non-hydrogen) atoms. The Kier molecular flexibility index (Phi) is 4.56. The summed E-state index contributed by atoms with van der Waals surface area (Å²) in [7, 11) is 0. The summed E-state index contributed by atoms with van der Waals surface area (Å²) in [6.45, 7) is 0. The van der Waals surface area contributed by atoms with Crippen molar-refractivity contribution in [3.63, 3.8) is 0 Å². The van der Waals surface area contributed by atoms with Gasteiger partial charge in [-0.2, -0.15) is 4.98 Å². The van der Waals surface area contributed by atoms with E-state index in [4.69, 9.17) is 39.5 Å². The van der Waals surface area contributed by atoms with E-state index in [-0.39, 0.29) is 0 Å². The topological polar surface area (TPSA) is 35.0 Å². The second-order valence-corrected chi connectivity index (χ2v) is 5.12. The molecular formula is C11H7Cl3N2OS. The minimum atomic E-state index is 0.308. The minimum Gasteiger partial charge on any atom is -0.437 e. The highest BCUT2D eigenvalue weighted by molar-refractivity contribution is 7.98. The van der Waals surface area contributed by atoms with Crippen molar-refractivity contribution < 1.29 is 4.74 Å². The fraction of sp³-hybridized carbons (Fsp3) is 0.0909. The number of nitrogens with zero attached hydrogens (tertiary/aromatic N) is 2. The summed E-state index contributed by atoms with van der Waals surface area (Å²) in [5.41, 5.74) is 0. The van der Waals surface area contributed by atoms with Crippen molar-refractivity contribution in [1.29, 1.82) is 0 Å². The quantitative estimate of drug-likeness (QED) is 0.455. The molecule has 1 heterocycles. The van der Waals surface area contributed by atoms with E-state index in [0.29, 0.717) is 32.0 Å². The second-order valence-electron chi connectivity index (χ2n) is 3.17. The number of hydrogen-bond acceptors (Lipinski definition) is 4. The zero-order valence-corrected chi connectivity index (χ0v) is 12.2. The van der Waals surface area contributed by atoms with Crippen LogP contribution in [0.5, 0.6) is 11.6 Å². The van der Waals surface area contributed by atoms with Crippen LogP contribution < -0.4 is 4.74 Å². The number of aromatic nitrogens is 2. The van der Waals surface area contributed by atoms with Crippen LogP contribution in [0.2, 0.25) is 15.2 Å². The molecule has 1 aromatic heterocycles. The summed E-state index contributed by atoms with van der Waals surface area (Å²) in [5, 5.41) is 1.58. The Labute approximate surface area is 123 Å². The highest BCUT2D eigenvalue weighted by Crippen LogP contribution is 2.34. The normalized spacial score (nSPS) is 10.4. The summed E-state index contributed by atoms with van der Waals surface area (Å²) in [4.78, 5) is 8.17. The number of benzene rings is 1. The standard InChI is InChI=1S/C11H7Cl3N2OS/c1-18-11-15-8(13)5-9(16-11)17-7-4-2-3-6(12)10(7)14/h2-5H,1H3.